The quantitative estimate of drug-likeness (QED) is 0.439. The second-order valence-corrected chi connectivity index (χ2v) is 4.08. The number of allylic oxidation sites excluding steroid dienone is 2. The predicted molar refractivity (Wildman–Crippen MR) is 70.0 cm³/mol. The first kappa shape index (κ1) is 15.8. The van der Waals surface area contributed by atoms with Gasteiger partial charge >= 0.3 is 5.97 Å². The van der Waals surface area contributed by atoms with Crippen molar-refractivity contribution in [2.24, 2.45) is 10.7 Å². The van der Waals surface area contributed by atoms with Gasteiger partial charge in [0.15, 0.2) is 5.78 Å². The minimum absolute atomic E-state index is 0.124. The summed E-state index contributed by atoms with van der Waals surface area (Å²) < 4.78 is 5.21. The number of rotatable bonds is 7. The second kappa shape index (κ2) is 8.92. The number of halogens is 1. The van der Waals surface area contributed by atoms with Gasteiger partial charge in [-0.2, -0.15) is 0 Å². The van der Waals surface area contributed by atoms with Crippen LogP contribution in [0.3, 0.4) is 0 Å². The summed E-state index contributed by atoms with van der Waals surface area (Å²) in [6.07, 6.45) is 2.34. The maximum absolute atomic E-state index is 11.6. The van der Waals surface area contributed by atoms with Crippen molar-refractivity contribution < 1.29 is 14.3 Å². The number of hydrogen-bond acceptors (Lipinski definition) is 5. The average molecular weight is 305 g/mol. The zero-order valence-electron chi connectivity index (χ0n) is 10.0. The molecule has 0 aliphatic carbocycles. The van der Waals surface area contributed by atoms with E-state index in [4.69, 9.17) is 10.5 Å². The van der Waals surface area contributed by atoms with E-state index >= 15 is 0 Å². The summed E-state index contributed by atoms with van der Waals surface area (Å²) in [6, 6.07) is 0. The fraction of sp³-hybridized carbons (Fsp3) is 0.545. The molecular formula is C11H17BrN2O3. The van der Waals surface area contributed by atoms with Gasteiger partial charge in [-0.3, -0.25) is 14.6 Å². The van der Waals surface area contributed by atoms with Crippen LogP contribution in [0.25, 0.3) is 0 Å². The van der Waals surface area contributed by atoms with Gasteiger partial charge in [-0.15, -0.1) is 0 Å². The Morgan fingerprint density at radius 2 is 2.06 bits per heavy atom. The van der Waals surface area contributed by atoms with Gasteiger partial charge in [0.05, 0.1) is 16.8 Å². The molecule has 0 unspecified atom stereocenters. The number of ether oxygens (including phenoxy) is 1. The fourth-order valence-electron chi connectivity index (χ4n) is 1.08. The van der Waals surface area contributed by atoms with Gasteiger partial charge in [0.2, 0.25) is 0 Å². The molecule has 0 aromatic carbocycles. The molecule has 0 atom stereocenters. The summed E-state index contributed by atoms with van der Waals surface area (Å²) in [7, 11) is 1.58. The Hall–Kier alpha value is -1.17. The lowest BCUT2D eigenvalue weighted by molar-refractivity contribution is -0.143. The van der Waals surface area contributed by atoms with Crippen molar-refractivity contribution in [3.05, 3.63) is 10.2 Å². The monoisotopic (exact) mass is 304 g/mol. The summed E-state index contributed by atoms with van der Waals surface area (Å²) in [4.78, 5) is 26.3. The smallest absolute Gasteiger partial charge is 0.305 e. The molecular weight excluding hydrogens is 288 g/mol. The highest BCUT2D eigenvalue weighted by molar-refractivity contribution is 9.12. The third kappa shape index (κ3) is 6.88. The highest BCUT2D eigenvalue weighted by Gasteiger charge is 2.10. The number of aliphatic imine (C=N–C) groups is 1. The summed E-state index contributed by atoms with van der Waals surface area (Å²) in [5, 5.41) is 0. The molecule has 0 spiro atoms. The van der Waals surface area contributed by atoms with Crippen LogP contribution in [0.15, 0.2) is 15.2 Å². The first-order chi connectivity index (χ1) is 8.02. The molecule has 0 aliphatic rings. The van der Waals surface area contributed by atoms with Crippen LogP contribution in [0.1, 0.15) is 26.2 Å². The Morgan fingerprint density at radius 3 is 2.59 bits per heavy atom. The van der Waals surface area contributed by atoms with Gasteiger partial charge in [0.1, 0.15) is 0 Å². The summed E-state index contributed by atoms with van der Waals surface area (Å²) >= 11 is 3.14. The highest BCUT2D eigenvalue weighted by atomic mass is 79.9. The fourth-order valence-corrected chi connectivity index (χ4v) is 1.50. The van der Waals surface area contributed by atoms with Crippen molar-refractivity contribution in [1.82, 2.24) is 0 Å². The summed E-state index contributed by atoms with van der Waals surface area (Å²) in [6.45, 7) is 2.10. The minimum atomic E-state index is -0.294. The zero-order valence-corrected chi connectivity index (χ0v) is 11.6. The predicted octanol–water partition coefficient (Wildman–Crippen LogP) is 1.55. The Bertz CT molecular complexity index is 338. The van der Waals surface area contributed by atoms with Crippen molar-refractivity contribution in [2.75, 3.05) is 13.7 Å². The molecule has 0 fully saturated rings. The van der Waals surface area contributed by atoms with Gasteiger partial charge in [0, 0.05) is 26.1 Å². The highest BCUT2D eigenvalue weighted by Crippen LogP contribution is 2.10. The molecule has 5 nitrogen and oxygen atoms in total. The molecule has 6 heteroatoms. The number of carbonyl (C=O) groups is 2. The normalized spacial score (nSPS) is 12.4. The average Bonchev–Trinajstić information content (AvgIpc) is 2.28. The number of carbonyl (C=O) groups excluding carboxylic acids is 2. The molecule has 0 radical (unpaired) electrons. The Balaban J connectivity index is 4.11. The number of esters is 1. The van der Waals surface area contributed by atoms with E-state index in [1.165, 1.54) is 6.21 Å². The van der Waals surface area contributed by atoms with Crippen molar-refractivity contribution in [1.29, 1.82) is 0 Å². The third-order valence-electron chi connectivity index (χ3n) is 1.89. The van der Waals surface area contributed by atoms with E-state index in [0.29, 0.717) is 17.5 Å². The van der Waals surface area contributed by atoms with Gasteiger partial charge in [-0.25, -0.2) is 0 Å². The van der Waals surface area contributed by atoms with Gasteiger partial charge < -0.3 is 10.5 Å². The molecule has 2 N–H and O–H groups in total. The number of nitrogens with two attached hydrogens (primary N) is 1. The van der Waals surface area contributed by atoms with E-state index in [1.807, 2.05) is 0 Å². The maximum atomic E-state index is 11.6. The lowest BCUT2D eigenvalue weighted by atomic mass is 10.1. The maximum Gasteiger partial charge on any atom is 0.305 e. The first-order valence-electron chi connectivity index (χ1n) is 5.29. The SMILES string of the molecule is CCOC(=O)CCCC(=O)C(N)=C(Br)C=NC. The van der Waals surface area contributed by atoms with Crippen LogP contribution in [-0.4, -0.2) is 31.6 Å². The van der Waals surface area contributed by atoms with Gasteiger partial charge in [0.25, 0.3) is 0 Å². The van der Waals surface area contributed by atoms with Crippen molar-refractivity contribution in [3.63, 3.8) is 0 Å². The van der Waals surface area contributed by atoms with E-state index in [-0.39, 0.29) is 30.3 Å². The van der Waals surface area contributed by atoms with Crippen LogP contribution in [0.4, 0.5) is 0 Å². The van der Waals surface area contributed by atoms with E-state index in [1.54, 1.807) is 14.0 Å². The third-order valence-corrected chi connectivity index (χ3v) is 2.52. The number of ketones is 1. The van der Waals surface area contributed by atoms with Crippen molar-refractivity contribution in [2.45, 2.75) is 26.2 Å². The van der Waals surface area contributed by atoms with Gasteiger partial charge in [-0.1, -0.05) is 0 Å². The number of nitrogens with zero attached hydrogens (tertiary/aromatic N) is 1. The Labute approximate surface area is 109 Å². The van der Waals surface area contributed by atoms with Crippen LogP contribution < -0.4 is 5.73 Å². The van der Waals surface area contributed by atoms with E-state index in [2.05, 4.69) is 20.9 Å². The van der Waals surface area contributed by atoms with Crippen molar-refractivity contribution in [3.8, 4) is 0 Å². The molecule has 0 bridgehead atoms. The van der Waals surface area contributed by atoms with E-state index < -0.39 is 0 Å². The zero-order chi connectivity index (χ0) is 13.3. The lowest BCUT2D eigenvalue weighted by Crippen LogP contribution is -2.14. The standard InChI is InChI=1S/C11H17BrN2O3/c1-3-17-10(16)6-4-5-9(15)11(13)8(12)7-14-2/h7H,3-6,13H2,1-2H3. The molecule has 0 aliphatic heterocycles. The second-order valence-electron chi connectivity index (χ2n) is 3.23. The van der Waals surface area contributed by atoms with Crippen LogP contribution in [0, 0.1) is 0 Å². The Morgan fingerprint density at radius 1 is 1.41 bits per heavy atom. The van der Waals surface area contributed by atoms with Crippen LogP contribution in [0.5, 0.6) is 0 Å². The molecule has 0 aromatic heterocycles. The molecule has 0 aromatic rings. The largest absolute Gasteiger partial charge is 0.466 e. The molecule has 0 saturated heterocycles. The molecule has 96 valence electrons. The van der Waals surface area contributed by atoms with Gasteiger partial charge in [-0.05, 0) is 29.3 Å². The summed E-state index contributed by atoms with van der Waals surface area (Å²) in [5.41, 5.74) is 5.72. The van der Waals surface area contributed by atoms with Crippen LogP contribution >= 0.6 is 15.9 Å². The van der Waals surface area contributed by atoms with E-state index in [0.717, 1.165) is 0 Å². The lowest BCUT2D eigenvalue weighted by Gasteiger charge is -2.03. The molecule has 0 amide bonds. The molecule has 0 heterocycles. The molecule has 0 saturated carbocycles. The number of hydrogen-bond donors (Lipinski definition) is 1. The molecule has 17 heavy (non-hydrogen) atoms. The Kier molecular flexibility index (Phi) is 8.31. The van der Waals surface area contributed by atoms with Crippen LogP contribution in [0.2, 0.25) is 0 Å². The number of Topliss-reactive ketones (excluding diaryl/α,β-unsaturated/α-hetero) is 1. The minimum Gasteiger partial charge on any atom is -0.466 e. The summed E-state index contributed by atoms with van der Waals surface area (Å²) in [5.74, 6) is -0.502. The van der Waals surface area contributed by atoms with Crippen molar-refractivity contribution >= 4 is 33.9 Å². The first-order valence-corrected chi connectivity index (χ1v) is 6.08. The topological polar surface area (TPSA) is 81.8 Å². The molecule has 0 rings (SSSR count). The van der Waals surface area contributed by atoms with Crippen LogP contribution in [-0.2, 0) is 14.3 Å². The van der Waals surface area contributed by atoms with E-state index in [9.17, 15) is 9.59 Å².